The maximum Gasteiger partial charge on any atom is 0.168 e. The minimum Gasteiger partial charge on any atom is -0.494 e. The number of pyridine rings is 1. The van der Waals surface area contributed by atoms with Gasteiger partial charge in [0.2, 0.25) is 0 Å². The second kappa shape index (κ2) is 4.35. The average molecular weight is 179 g/mol. The highest BCUT2D eigenvalue weighted by atomic mass is 16.5. The molecule has 4 heteroatoms. The Bertz CT molecular complexity index is 296. The number of ether oxygens (including phenoxy) is 1. The molecule has 13 heavy (non-hydrogen) atoms. The van der Waals surface area contributed by atoms with Crippen molar-refractivity contribution in [2.24, 2.45) is 0 Å². The standard InChI is InChI=1S/C9H9NO3/c1-2-13-9-3-7(5-11)10-8(4-9)6-12/h3-6H,2H2,1H3. The fraction of sp³-hybridized carbons (Fsp3) is 0.222. The third-order valence-corrected chi connectivity index (χ3v) is 1.39. The average Bonchev–Trinajstić information content (AvgIpc) is 2.17. The minimum atomic E-state index is 0.202. The van der Waals surface area contributed by atoms with E-state index in [2.05, 4.69) is 4.98 Å². The number of aromatic nitrogens is 1. The Morgan fingerprint density at radius 2 is 1.85 bits per heavy atom. The molecule has 0 aromatic carbocycles. The van der Waals surface area contributed by atoms with E-state index in [9.17, 15) is 9.59 Å². The summed E-state index contributed by atoms with van der Waals surface area (Å²) in [6, 6.07) is 2.98. The van der Waals surface area contributed by atoms with E-state index in [1.54, 1.807) is 0 Å². The van der Waals surface area contributed by atoms with Crippen LogP contribution in [0.15, 0.2) is 12.1 Å². The zero-order chi connectivity index (χ0) is 9.68. The Hall–Kier alpha value is -1.71. The van der Waals surface area contributed by atoms with Gasteiger partial charge in [-0.05, 0) is 6.92 Å². The van der Waals surface area contributed by atoms with Crippen molar-refractivity contribution in [3.05, 3.63) is 23.5 Å². The van der Waals surface area contributed by atoms with Gasteiger partial charge in [-0.3, -0.25) is 9.59 Å². The third-order valence-electron chi connectivity index (χ3n) is 1.39. The molecule has 1 aromatic heterocycles. The fourth-order valence-corrected chi connectivity index (χ4v) is 0.918. The van der Waals surface area contributed by atoms with Gasteiger partial charge in [0, 0.05) is 12.1 Å². The summed E-state index contributed by atoms with van der Waals surface area (Å²) in [5.74, 6) is 0.488. The van der Waals surface area contributed by atoms with Crippen molar-refractivity contribution in [3.63, 3.8) is 0 Å². The predicted molar refractivity (Wildman–Crippen MR) is 46.2 cm³/mol. The molecule has 0 saturated carbocycles. The Morgan fingerprint density at radius 3 is 2.23 bits per heavy atom. The van der Waals surface area contributed by atoms with Gasteiger partial charge in [-0.2, -0.15) is 0 Å². The summed E-state index contributed by atoms with van der Waals surface area (Å²) in [5.41, 5.74) is 0.404. The van der Waals surface area contributed by atoms with Crippen LogP contribution in [0.25, 0.3) is 0 Å². The lowest BCUT2D eigenvalue weighted by Gasteiger charge is -2.03. The highest BCUT2D eigenvalue weighted by Crippen LogP contribution is 2.12. The summed E-state index contributed by atoms with van der Waals surface area (Å²) in [6.07, 6.45) is 1.16. The summed E-state index contributed by atoms with van der Waals surface area (Å²) < 4.78 is 5.13. The van der Waals surface area contributed by atoms with E-state index in [0.717, 1.165) is 0 Å². The van der Waals surface area contributed by atoms with Gasteiger partial charge in [0.1, 0.15) is 17.1 Å². The molecule has 0 atom stereocenters. The maximum atomic E-state index is 10.4. The van der Waals surface area contributed by atoms with Crippen molar-refractivity contribution >= 4 is 12.6 Å². The van der Waals surface area contributed by atoms with Crippen molar-refractivity contribution in [2.75, 3.05) is 6.61 Å². The van der Waals surface area contributed by atoms with Crippen LogP contribution in [0.2, 0.25) is 0 Å². The monoisotopic (exact) mass is 179 g/mol. The van der Waals surface area contributed by atoms with Crippen LogP contribution in [0.1, 0.15) is 27.9 Å². The lowest BCUT2D eigenvalue weighted by Crippen LogP contribution is -1.98. The zero-order valence-corrected chi connectivity index (χ0v) is 7.19. The van der Waals surface area contributed by atoms with Gasteiger partial charge < -0.3 is 4.74 Å². The highest BCUT2D eigenvalue weighted by molar-refractivity contribution is 5.78. The number of aldehydes is 2. The summed E-state index contributed by atoms with van der Waals surface area (Å²) in [5, 5.41) is 0. The third kappa shape index (κ3) is 2.37. The number of carbonyl (C=O) groups is 2. The number of nitrogens with zero attached hydrogens (tertiary/aromatic N) is 1. The van der Waals surface area contributed by atoms with Gasteiger partial charge in [0.05, 0.1) is 6.61 Å². The molecule has 1 heterocycles. The SMILES string of the molecule is CCOc1cc(C=O)nc(C=O)c1. The zero-order valence-electron chi connectivity index (χ0n) is 7.19. The molecule has 0 saturated heterocycles. The van der Waals surface area contributed by atoms with Crippen molar-refractivity contribution in [1.82, 2.24) is 4.98 Å². The van der Waals surface area contributed by atoms with E-state index < -0.39 is 0 Å². The molecular formula is C9H9NO3. The maximum absolute atomic E-state index is 10.4. The van der Waals surface area contributed by atoms with Crippen molar-refractivity contribution in [1.29, 1.82) is 0 Å². The van der Waals surface area contributed by atoms with Crippen LogP contribution >= 0.6 is 0 Å². The first-order chi connectivity index (χ1) is 6.30. The predicted octanol–water partition coefficient (Wildman–Crippen LogP) is 1.11. The largest absolute Gasteiger partial charge is 0.494 e. The Labute approximate surface area is 75.5 Å². The van der Waals surface area contributed by atoms with Crippen LogP contribution in [-0.2, 0) is 0 Å². The minimum absolute atomic E-state index is 0.202. The smallest absolute Gasteiger partial charge is 0.168 e. The molecular weight excluding hydrogens is 170 g/mol. The normalized spacial score (nSPS) is 9.31. The van der Waals surface area contributed by atoms with Crippen LogP contribution in [-0.4, -0.2) is 24.2 Å². The van der Waals surface area contributed by atoms with Gasteiger partial charge in [0.25, 0.3) is 0 Å². The molecule has 4 nitrogen and oxygen atoms in total. The van der Waals surface area contributed by atoms with Gasteiger partial charge in [-0.15, -0.1) is 0 Å². The fourth-order valence-electron chi connectivity index (χ4n) is 0.918. The van der Waals surface area contributed by atoms with Gasteiger partial charge in [-0.1, -0.05) is 0 Å². The summed E-state index contributed by atoms with van der Waals surface area (Å²) in [6.45, 7) is 2.31. The topological polar surface area (TPSA) is 56.3 Å². The number of hydrogen-bond acceptors (Lipinski definition) is 4. The van der Waals surface area contributed by atoms with Crippen LogP contribution < -0.4 is 4.74 Å². The first kappa shape index (κ1) is 9.38. The van der Waals surface area contributed by atoms with Crippen LogP contribution in [0, 0.1) is 0 Å². The summed E-state index contributed by atoms with van der Waals surface area (Å²) in [7, 11) is 0. The molecule has 0 bridgehead atoms. The number of carbonyl (C=O) groups excluding carboxylic acids is 2. The van der Waals surface area contributed by atoms with E-state index in [1.165, 1.54) is 12.1 Å². The molecule has 68 valence electrons. The molecule has 0 spiro atoms. The van der Waals surface area contributed by atoms with Crippen LogP contribution in [0.3, 0.4) is 0 Å². The lowest BCUT2D eigenvalue weighted by atomic mass is 10.3. The number of rotatable bonds is 4. The van der Waals surface area contributed by atoms with Gasteiger partial charge in [-0.25, -0.2) is 4.98 Å². The summed E-state index contributed by atoms with van der Waals surface area (Å²) >= 11 is 0. The molecule has 0 radical (unpaired) electrons. The molecule has 0 amide bonds. The quantitative estimate of drug-likeness (QED) is 0.649. The second-order valence-electron chi connectivity index (χ2n) is 2.32. The van der Waals surface area contributed by atoms with E-state index >= 15 is 0 Å². The number of hydrogen-bond donors (Lipinski definition) is 0. The van der Waals surface area contributed by atoms with Crippen LogP contribution in [0.5, 0.6) is 5.75 Å². The van der Waals surface area contributed by atoms with Gasteiger partial charge >= 0.3 is 0 Å². The molecule has 1 rings (SSSR count). The van der Waals surface area contributed by atoms with Crippen molar-refractivity contribution < 1.29 is 14.3 Å². The van der Waals surface area contributed by atoms with E-state index in [1.807, 2.05) is 6.92 Å². The molecule has 1 aromatic rings. The summed E-state index contributed by atoms with van der Waals surface area (Å²) in [4.78, 5) is 24.5. The Morgan fingerprint density at radius 1 is 1.31 bits per heavy atom. The molecule has 0 aliphatic rings. The molecule has 0 aliphatic heterocycles. The van der Waals surface area contributed by atoms with E-state index in [-0.39, 0.29) is 11.4 Å². The Balaban J connectivity index is 3.06. The molecule has 0 fully saturated rings. The highest BCUT2D eigenvalue weighted by Gasteiger charge is 2.01. The van der Waals surface area contributed by atoms with Crippen molar-refractivity contribution in [3.8, 4) is 5.75 Å². The lowest BCUT2D eigenvalue weighted by molar-refractivity contribution is 0.111. The molecule has 0 N–H and O–H groups in total. The van der Waals surface area contributed by atoms with Gasteiger partial charge in [0.15, 0.2) is 12.6 Å². The second-order valence-corrected chi connectivity index (χ2v) is 2.32. The molecule has 0 unspecified atom stereocenters. The van der Waals surface area contributed by atoms with E-state index in [4.69, 9.17) is 4.74 Å². The Kier molecular flexibility index (Phi) is 3.14. The molecule has 0 aliphatic carbocycles. The van der Waals surface area contributed by atoms with Crippen molar-refractivity contribution in [2.45, 2.75) is 6.92 Å². The first-order valence-corrected chi connectivity index (χ1v) is 3.85. The van der Waals surface area contributed by atoms with E-state index in [0.29, 0.717) is 24.9 Å². The van der Waals surface area contributed by atoms with Crippen LogP contribution in [0.4, 0.5) is 0 Å². The first-order valence-electron chi connectivity index (χ1n) is 3.85.